The largest absolute Gasteiger partial charge is 0.480 e. The number of aliphatic hydroxyl groups excluding tert-OH is 1. The molecule has 2 amide bonds. The molecule has 0 aromatic heterocycles. The zero-order chi connectivity index (χ0) is 18.4. The number of amides is 2. The molecule has 0 saturated carbocycles. The van der Waals surface area contributed by atoms with Gasteiger partial charge in [-0.25, -0.2) is 4.79 Å². The van der Waals surface area contributed by atoms with E-state index in [0.717, 1.165) is 19.3 Å². The quantitative estimate of drug-likeness (QED) is 0.336. The Morgan fingerprint density at radius 1 is 1.00 bits per heavy atom. The van der Waals surface area contributed by atoms with Crippen LogP contribution >= 0.6 is 0 Å². The number of aliphatic carboxylic acids is 1. The first-order chi connectivity index (χ1) is 11.4. The normalized spacial score (nSPS) is 13.2. The van der Waals surface area contributed by atoms with Gasteiger partial charge in [-0.3, -0.25) is 9.59 Å². The number of carboxylic acid groups (broad SMARTS) is 1. The van der Waals surface area contributed by atoms with Gasteiger partial charge in [-0.2, -0.15) is 0 Å². The van der Waals surface area contributed by atoms with Gasteiger partial charge in [-0.15, -0.1) is 0 Å². The maximum atomic E-state index is 11.8. The summed E-state index contributed by atoms with van der Waals surface area (Å²) in [6.07, 6.45) is 7.38. The van der Waals surface area contributed by atoms with Crippen molar-refractivity contribution < 1.29 is 24.6 Å². The van der Waals surface area contributed by atoms with Crippen molar-refractivity contribution in [2.45, 2.75) is 89.7 Å². The van der Waals surface area contributed by atoms with Gasteiger partial charge in [0.25, 0.3) is 0 Å². The molecule has 0 bridgehead atoms. The SMILES string of the molecule is CCCCCCCCCC(O)CC(=O)N[C@@H](CCC(N)=O)C(=O)O. The molecular formula is C17H32N2O5. The molecule has 140 valence electrons. The van der Waals surface area contributed by atoms with Crippen molar-refractivity contribution in [1.29, 1.82) is 0 Å². The number of aliphatic hydroxyl groups is 1. The lowest BCUT2D eigenvalue weighted by Crippen LogP contribution is -2.42. The Bertz CT molecular complexity index is 387. The maximum Gasteiger partial charge on any atom is 0.326 e. The minimum Gasteiger partial charge on any atom is -0.480 e. The third-order valence-electron chi connectivity index (χ3n) is 3.87. The lowest BCUT2D eigenvalue weighted by molar-refractivity contribution is -0.142. The first kappa shape index (κ1) is 22.4. The first-order valence-electron chi connectivity index (χ1n) is 8.85. The van der Waals surface area contributed by atoms with E-state index in [1.54, 1.807) is 0 Å². The van der Waals surface area contributed by atoms with Crippen LogP contribution in [0.15, 0.2) is 0 Å². The lowest BCUT2D eigenvalue weighted by atomic mass is 10.0. The summed E-state index contributed by atoms with van der Waals surface area (Å²) in [7, 11) is 0. The minimum absolute atomic E-state index is 0.0513. The van der Waals surface area contributed by atoms with Gasteiger partial charge in [0.05, 0.1) is 12.5 Å². The van der Waals surface area contributed by atoms with E-state index < -0.39 is 29.9 Å². The Hall–Kier alpha value is -1.63. The van der Waals surface area contributed by atoms with Crippen molar-refractivity contribution in [3.8, 4) is 0 Å². The summed E-state index contributed by atoms with van der Waals surface area (Å²) >= 11 is 0. The molecule has 0 aliphatic rings. The summed E-state index contributed by atoms with van der Waals surface area (Å²) in [5.41, 5.74) is 4.97. The summed E-state index contributed by atoms with van der Waals surface area (Å²) < 4.78 is 0. The summed E-state index contributed by atoms with van der Waals surface area (Å²) in [5, 5.41) is 21.2. The van der Waals surface area contributed by atoms with E-state index in [1.165, 1.54) is 25.7 Å². The van der Waals surface area contributed by atoms with Crippen LogP contribution < -0.4 is 11.1 Å². The zero-order valence-corrected chi connectivity index (χ0v) is 14.6. The molecule has 0 aliphatic carbocycles. The molecule has 0 radical (unpaired) electrons. The molecule has 24 heavy (non-hydrogen) atoms. The summed E-state index contributed by atoms with van der Waals surface area (Å²) in [5.74, 6) is -2.36. The molecule has 0 rings (SSSR count). The van der Waals surface area contributed by atoms with Crippen LogP contribution in [-0.4, -0.2) is 40.1 Å². The Morgan fingerprint density at radius 3 is 2.12 bits per heavy atom. The van der Waals surface area contributed by atoms with Gasteiger partial charge < -0.3 is 21.3 Å². The number of unbranched alkanes of at least 4 members (excludes halogenated alkanes) is 6. The van der Waals surface area contributed by atoms with Crippen molar-refractivity contribution in [1.82, 2.24) is 5.32 Å². The fourth-order valence-electron chi connectivity index (χ4n) is 2.45. The van der Waals surface area contributed by atoms with Crippen molar-refractivity contribution in [2.24, 2.45) is 5.73 Å². The van der Waals surface area contributed by atoms with E-state index in [4.69, 9.17) is 10.8 Å². The number of carboxylic acids is 1. The van der Waals surface area contributed by atoms with E-state index in [9.17, 15) is 19.5 Å². The van der Waals surface area contributed by atoms with Crippen LogP contribution in [0.5, 0.6) is 0 Å². The van der Waals surface area contributed by atoms with Gasteiger partial charge in [0, 0.05) is 6.42 Å². The molecular weight excluding hydrogens is 312 g/mol. The third-order valence-corrected chi connectivity index (χ3v) is 3.87. The van der Waals surface area contributed by atoms with E-state index in [0.29, 0.717) is 6.42 Å². The standard InChI is InChI=1S/C17H32N2O5/c1-2-3-4-5-6-7-8-9-13(20)12-16(22)19-14(17(23)24)10-11-15(18)21/h13-14,20H,2-12H2,1H3,(H2,18,21)(H,19,22)(H,23,24)/t13?,14-/m0/s1. The van der Waals surface area contributed by atoms with Gasteiger partial charge in [0.2, 0.25) is 11.8 Å². The van der Waals surface area contributed by atoms with Crippen LogP contribution in [0.25, 0.3) is 0 Å². The Morgan fingerprint density at radius 2 is 1.58 bits per heavy atom. The highest BCUT2D eigenvalue weighted by Crippen LogP contribution is 2.11. The molecule has 0 heterocycles. The highest BCUT2D eigenvalue weighted by atomic mass is 16.4. The van der Waals surface area contributed by atoms with Gasteiger partial charge in [0.15, 0.2) is 0 Å². The predicted octanol–water partition coefficient (Wildman–Crippen LogP) is 1.71. The second kappa shape index (κ2) is 13.8. The van der Waals surface area contributed by atoms with E-state index >= 15 is 0 Å². The molecule has 0 aromatic carbocycles. The minimum atomic E-state index is -1.22. The van der Waals surface area contributed by atoms with Crippen molar-refractivity contribution in [3.05, 3.63) is 0 Å². The molecule has 0 spiro atoms. The van der Waals surface area contributed by atoms with Crippen molar-refractivity contribution in [3.63, 3.8) is 0 Å². The van der Waals surface area contributed by atoms with Crippen LogP contribution in [0.2, 0.25) is 0 Å². The van der Waals surface area contributed by atoms with Crippen LogP contribution in [0, 0.1) is 0 Å². The van der Waals surface area contributed by atoms with Crippen LogP contribution in [0.3, 0.4) is 0 Å². The number of primary amides is 1. The van der Waals surface area contributed by atoms with Crippen molar-refractivity contribution >= 4 is 17.8 Å². The zero-order valence-electron chi connectivity index (χ0n) is 14.6. The van der Waals surface area contributed by atoms with Gasteiger partial charge >= 0.3 is 5.97 Å². The highest BCUT2D eigenvalue weighted by molar-refractivity contribution is 5.84. The van der Waals surface area contributed by atoms with Crippen LogP contribution in [0.1, 0.15) is 77.6 Å². The molecule has 0 aromatic rings. The second-order valence-electron chi connectivity index (χ2n) is 6.23. The summed E-state index contributed by atoms with van der Waals surface area (Å²) in [4.78, 5) is 33.5. The highest BCUT2D eigenvalue weighted by Gasteiger charge is 2.21. The predicted molar refractivity (Wildman–Crippen MR) is 91.2 cm³/mol. The molecule has 7 heteroatoms. The number of rotatable bonds is 15. The summed E-state index contributed by atoms with van der Waals surface area (Å²) in [6.45, 7) is 2.17. The third kappa shape index (κ3) is 12.9. The number of nitrogens with two attached hydrogens (primary N) is 1. The number of nitrogens with one attached hydrogen (secondary N) is 1. The van der Waals surface area contributed by atoms with E-state index in [-0.39, 0.29) is 19.3 Å². The average Bonchev–Trinajstić information content (AvgIpc) is 2.50. The molecule has 2 atom stereocenters. The number of hydrogen-bond acceptors (Lipinski definition) is 4. The summed E-state index contributed by atoms with van der Waals surface area (Å²) in [6, 6.07) is -1.16. The Kier molecular flexibility index (Phi) is 12.8. The smallest absolute Gasteiger partial charge is 0.326 e. The van der Waals surface area contributed by atoms with Gasteiger partial charge in [0.1, 0.15) is 6.04 Å². The van der Waals surface area contributed by atoms with Crippen molar-refractivity contribution in [2.75, 3.05) is 0 Å². The molecule has 1 unspecified atom stereocenters. The Labute approximate surface area is 144 Å². The second-order valence-corrected chi connectivity index (χ2v) is 6.23. The maximum absolute atomic E-state index is 11.8. The average molecular weight is 344 g/mol. The fraction of sp³-hybridized carbons (Fsp3) is 0.824. The molecule has 0 aliphatic heterocycles. The topological polar surface area (TPSA) is 130 Å². The molecule has 0 saturated heterocycles. The fourth-order valence-corrected chi connectivity index (χ4v) is 2.45. The first-order valence-corrected chi connectivity index (χ1v) is 8.85. The molecule has 0 fully saturated rings. The lowest BCUT2D eigenvalue weighted by Gasteiger charge is -2.15. The van der Waals surface area contributed by atoms with Crippen LogP contribution in [-0.2, 0) is 14.4 Å². The molecule has 5 N–H and O–H groups in total. The van der Waals surface area contributed by atoms with Crippen LogP contribution in [0.4, 0.5) is 0 Å². The van der Waals surface area contributed by atoms with Gasteiger partial charge in [-0.1, -0.05) is 51.9 Å². The van der Waals surface area contributed by atoms with E-state index in [2.05, 4.69) is 12.2 Å². The number of hydrogen-bond donors (Lipinski definition) is 4. The monoisotopic (exact) mass is 344 g/mol. The van der Waals surface area contributed by atoms with Gasteiger partial charge in [-0.05, 0) is 12.8 Å². The Balaban J connectivity index is 3.90. The number of carbonyl (C=O) groups excluding carboxylic acids is 2. The number of carbonyl (C=O) groups is 3. The molecule has 7 nitrogen and oxygen atoms in total. The van der Waals surface area contributed by atoms with E-state index in [1.807, 2.05) is 0 Å².